The Hall–Kier alpha value is -2.36. The molecule has 0 aliphatic heterocycles. The van der Waals surface area contributed by atoms with Crippen molar-refractivity contribution in [2.24, 2.45) is 0 Å². The summed E-state index contributed by atoms with van der Waals surface area (Å²) in [4.78, 5) is 43.1. The number of nitrogens with one attached hydrogen (secondary N) is 1. The van der Waals surface area contributed by atoms with Gasteiger partial charge >= 0.3 is 18.2 Å². The van der Waals surface area contributed by atoms with Crippen LogP contribution in [0.2, 0.25) is 0 Å². The molecule has 30 heavy (non-hydrogen) atoms. The molecule has 0 bridgehead atoms. The number of nitrogens with zero attached hydrogens (tertiary/aromatic N) is 2. The van der Waals surface area contributed by atoms with Crippen LogP contribution in [0.5, 0.6) is 0 Å². The van der Waals surface area contributed by atoms with E-state index in [1.807, 2.05) is 0 Å². The standard InChI is InChI=1S/C20H33N3O6S/c1-10-27-15(24)14-13(3)22-16(30-14)23(18(26)29-20(7,8)9)12(2)11-21-17(25)28-19(4,5)6/h12H,10-11H2,1-9H3,(H,21,25)/t12-/m0/s1. The van der Waals surface area contributed by atoms with Crippen LogP contribution in [-0.2, 0) is 14.2 Å². The monoisotopic (exact) mass is 443 g/mol. The average molecular weight is 444 g/mol. The van der Waals surface area contributed by atoms with Gasteiger partial charge in [0, 0.05) is 6.54 Å². The summed E-state index contributed by atoms with van der Waals surface area (Å²) in [5, 5.41) is 2.93. The number of alkyl carbamates (subject to hydrolysis) is 1. The van der Waals surface area contributed by atoms with Crippen LogP contribution in [0.25, 0.3) is 0 Å². The van der Waals surface area contributed by atoms with Gasteiger partial charge < -0.3 is 19.5 Å². The van der Waals surface area contributed by atoms with E-state index >= 15 is 0 Å². The van der Waals surface area contributed by atoms with Crippen LogP contribution in [0.15, 0.2) is 0 Å². The van der Waals surface area contributed by atoms with Gasteiger partial charge in [0.2, 0.25) is 0 Å². The SMILES string of the molecule is CCOC(=O)c1sc(N(C(=O)OC(C)(C)C)[C@@H](C)CNC(=O)OC(C)(C)C)nc1C. The van der Waals surface area contributed by atoms with Crippen LogP contribution in [0.4, 0.5) is 14.7 Å². The number of esters is 1. The zero-order valence-corrected chi connectivity index (χ0v) is 20.1. The van der Waals surface area contributed by atoms with Crippen molar-refractivity contribution in [3.8, 4) is 0 Å². The van der Waals surface area contributed by atoms with Gasteiger partial charge in [0.05, 0.1) is 18.3 Å². The van der Waals surface area contributed by atoms with Crippen LogP contribution < -0.4 is 10.2 Å². The normalized spacial score (nSPS) is 12.7. The summed E-state index contributed by atoms with van der Waals surface area (Å²) in [6, 6.07) is -0.520. The van der Waals surface area contributed by atoms with Gasteiger partial charge in [-0.25, -0.2) is 24.3 Å². The van der Waals surface area contributed by atoms with E-state index in [4.69, 9.17) is 14.2 Å². The van der Waals surface area contributed by atoms with Gasteiger partial charge in [-0.2, -0.15) is 0 Å². The molecule has 0 radical (unpaired) electrons. The van der Waals surface area contributed by atoms with E-state index in [0.29, 0.717) is 10.6 Å². The third-order valence-electron chi connectivity index (χ3n) is 3.42. The van der Waals surface area contributed by atoms with E-state index < -0.39 is 35.4 Å². The summed E-state index contributed by atoms with van der Waals surface area (Å²) in [6.07, 6.45) is -1.23. The number of aromatic nitrogens is 1. The van der Waals surface area contributed by atoms with Crippen molar-refractivity contribution in [2.45, 2.75) is 79.6 Å². The van der Waals surface area contributed by atoms with Crippen molar-refractivity contribution in [2.75, 3.05) is 18.1 Å². The molecule has 1 N–H and O–H groups in total. The van der Waals surface area contributed by atoms with Crippen molar-refractivity contribution >= 4 is 34.6 Å². The molecule has 0 aliphatic carbocycles. The minimum Gasteiger partial charge on any atom is -0.462 e. The van der Waals surface area contributed by atoms with E-state index in [1.165, 1.54) is 4.90 Å². The van der Waals surface area contributed by atoms with Gasteiger partial charge in [-0.3, -0.25) is 0 Å². The number of amides is 2. The zero-order valence-electron chi connectivity index (χ0n) is 19.2. The van der Waals surface area contributed by atoms with Crippen LogP contribution in [-0.4, -0.2) is 53.5 Å². The molecule has 1 heterocycles. The molecule has 0 saturated carbocycles. The van der Waals surface area contributed by atoms with Crippen molar-refractivity contribution in [3.63, 3.8) is 0 Å². The Morgan fingerprint density at radius 1 is 1.10 bits per heavy atom. The lowest BCUT2D eigenvalue weighted by Gasteiger charge is -2.30. The topological polar surface area (TPSA) is 107 Å². The number of thiazole rings is 1. The maximum Gasteiger partial charge on any atom is 0.416 e. The molecule has 0 fully saturated rings. The molecule has 0 spiro atoms. The molecule has 0 aliphatic rings. The fraction of sp³-hybridized carbons (Fsp3) is 0.700. The fourth-order valence-electron chi connectivity index (χ4n) is 2.27. The first kappa shape index (κ1) is 25.7. The van der Waals surface area contributed by atoms with E-state index in [0.717, 1.165) is 11.3 Å². The second-order valence-electron chi connectivity index (χ2n) is 8.71. The molecule has 1 atom stereocenters. The smallest absolute Gasteiger partial charge is 0.416 e. The first-order valence-electron chi connectivity index (χ1n) is 9.78. The summed E-state index contributed by atoms with van der Waals surface area (Å²) in [6.45, 7) is 16.0. The van der Waals surface area contributed by atoms with Gasteiger partial charge in [0.1, 0.15) is 16.1 Å². The lowest BCUT2D eigenvalue weighted by atomic mass is 10.2. The van der Waals surface area contributed by atoms with E-state index in [2.05, 4.69) is 10.3 Å². The van der Waals surface area contributed by atoms with Crippen molar-refractivity contribution in [3.05, 3.63) is 10.6 Å². The van der Waals surface area contributed by atoms with Crippen LogP contribution in [0.1, 0.15) is 70.8 Å². The lowest BCUT2D eigenvalue weighted by molar-refractivity contribution is 0.0500. The second-order valence-corrected chi connectivity index (χ2v) is 9.69. The maximum atomic E-state index is 12.9. The van der Waals surface area contributed by atoms with Gasteiger partial charge in [0.15, 0.2) is 5.13 Å². The summed E-state index contributed by atoms with van der Waals surface area (Å²) in [7, 11) is 0. The molecule has 0 aromatic carbocycles. The average Bonchev–Trinajstić information content (AvgIpc) is 2.91. The Labute approximate surface area is 182 Å². The zero-order chi connectivity index (χ0) is 23.3. The lowest BCUT2D eigenvalue weighted by Crippen LogP contribution is -2.48. The van der Waals surface area contributed by atoms with Crippen LogP contribution in [0, 0.1) is 6.92 Å². The number of aryl methyl sites for hydroxylation is 1. The van der Waals surface area contributed by atoms with Crippen LogP contribution in [0.3, 0.4) is 0 Å². The highest BCUT2D eigenvalue weighted by Gasteiger charge is 2.32. The molecule has 2 amide bonds. The van der Waals surface area contributed by atoms with Crippen molar-refractivity contribution in [1.29, 1.82) is 0 Å². The first-order valence-corrected chi connectivity index (χ1v) is 10.6. The number of hydrogen-bond donors (Lipinski definition) is 1. The summed E-state index contributed by atoms with van der Waals surface area (Å²) < 4.78 is 15.8. The minimum atomic E-state index is -0.732. The Balaban J connectivity index is 3.11. The van der Waals surface area contributed by atoms with Gasteiger partial charge in [-0.05, 0) is 62.3 Å². The van der Waals surface area contributed by atoms with Crippen LogP contribution >= 0.6 is 11.3 Å². The highest BCUT2D eigenvalue weighted by molar-refractivity contribution is 7.17. The number of hydrogen-bond acceptors (Lipinski definition) is 8. The van der Waals surface area contributed by atoms with E-state index in [9.17, 15) is 14.4 Å². The van der Waals surface area contributed by atoms with E-state index in [-0.39, 0.29) is 18.3 Å². The number of rotatable bonds is 6. The third kappa shape index (κ3) is 8.17. The van der Waals surface area contributed by atoms with E-state index in [1.54, 1.807) is 62.3 Å². The third-order valence-corrected chi connectivity index (χ3v) is 4.56. The number of carbonyl (C=O) groups excluding carboxylic acids is 3. The summed E-state index contributed by atoms with van der Waals surface area (Å²) in [5.41, 5.74) is -0.919. The summed E-state index contributed by atoms with van der Waals surface area (Å²) >= 11 is 1.04. The molecule has 0 saturated heterocycles. The Morgan fingerprint density at radius 2 is 1.67 bits per heavy atom. The molecule has 1 aromatic heterocycles. The van der Waals surface area contributed by atoms with Gasteiger partial charge in [0.25, 0.3) is 0 Å². The molecule has 10 heteroatoms. The Morgan fingerprint density at radius 3 is 2.17 bits per heavy atom. The predicted molar refractivity (Wildman–Crippen MR) is 115 cm³/mol. The van der Waals surface area contributed by atoms with Crippen molar-refractivity contribution in [1.82, 2.24) is 10.3 Å². The molecule has 170 valence electrons. The number of carbonyl (C=O) groups is 3. The van der Waals surface area contributed by atoms with Gasteiger partial charge in [-0.15, -0.1) is 0 Å². The fourth-order valence-corrected chi connectivity index (χ4v) is 3.32. The molecule has 9 nitrogen and oxygen atoms in total. The summed E-state index contributed by atoms with van der Waals surface area (Å²) in [5.74, 6) is -0.498. The quantitative estimate of drug-likeness (QED) is 0.516. The maximum absolute atomic E-state index is 12.9. The van der Waals surface area contributed by atoms with Gasteiger partial charge in [-0.1, -0.05) is 11.3 Å². The minimum absolute atomic E-state index is 0.0987. The molecular formula is C20H33N3O6S. The molecule has 1 aromatic rings. The largest absolute Gasteiger partial charge is 0.462 e. The molecule has 1 rings (SSSR count). The molecule has 0 unspecified atom stereocenters. The number of anilines is 1. The molecular weight excluding hydrogens is 410 g/mol. The Bertz CT molecular complexity index is 764. The highest BCUT2D eigenvalue weighted by Crippen LogP contribution is 2.29. The number of ether oxygens (including phenoxy) is 3. The van der Waals surface area contributed by atoms with Crippen molar-refractivity contribution < 1.29 is 28.6 Å². The second kappa shape index (κ2) is 10.1. The first-order chi connectivity index (χ1) is 13.6. The highest BCUT2D eigenvalue weighted by atomic mass is 32.1. The predicted octanol–water partition coefficient (Wildman–Crippen LogP) is 4.28. The Kier molecular flexibility index (Phi) is 8.64.